The molecule has 2 aliphatic heterocycles. The highest BCUT2D eigenvalue weighted by atomic mass is 16.5. The smallest absolute Gasteiger partial charge is 0.182 e. The third-order valence-corrected chi connectivity index (χ3v) is 7.69. The standard InChI is InChI=1S/C29H38N2O5.C3H8.C2H6/c1-28(2,30-13-17-35-18-14-30)26(33)23-9-5-21(6-10-23)25(32)22-7-11-24(12-8-22)27(34)29(3,4)31-15-19-36-20-16-31;1-3-2;1-2/h5-12,25,32H,13-20H2,1-4H3;3H2,1-2H3;1-2H3. The van der Waals surface area contributed by atoms with Crippen molar-refractivity contribution in [3.63, 3.8) is 0 Å². The van der Waals surface area contributed by atoms with Gasteiger partial charge >= 0.3 is 0 Å². The van der Waals surface area contributed by atoms with Crippen molar-refractivity contribution in [2.45, 2.75) is 79.0 Å². The lowest BCUT2D eigenvalue weighted by atomic mass is 9.89. The van der Waals surface area contributed by atoms with E-state index in [0.29, 0.717) is 48.7 Å². The Bertz CT molecular complexity index is 982. The van der Waals surface area contributed by atoms with Crippen molar-refractivity contribution in [1.82, 2.24) is 9.80 Å². The van der Waals surface area contributed by atoms with Crippen LogP contribution in [0.25, 0.3) is 0 Å². The Labute approximate surface area is 247 Å². The fraction of sp³-hybridized carbons (Fsp3) is 0.588. The Morgan fingerprint density at radius 2 is 0.951 bits per heavy atom. The lowest BCUT2D eigenvalue weighted by molar-refractivity contribution is -0.00442. The van der Waals surface area contributed by atoms with Gasteiger partial charge in [0.2, 0.25) is 0 Å². The summed E-state index contributed by atoms with van der Waals surface area (Å²) in [7, 11) is 0. The Morgan fingerprint density at radius 1 is 0.683 bits per heavy atom. The molecule has 0 spiro atoms. The molecule has 4 rings (SSSR count). The summed E-state index contributed by atoms with van der Waals surface area (Å²) in [5.41, 5.74) is 1.39. The zero-order valence-corrected chi connectivity index (χ0v) is 26.5. The van der Waals surface area contributed by atoms with Crippen LogP contribution in [-0.2, 0) is 9.47 Å². The fourth-order valence-corrected chi connectivity index (χ4v) is 5.06. The molecule has 2 heterocycles. The van der Waals surface area contributed by atoms with Crippen LogP contribution in [0.5, 0.6) is 0 Å². The summed E-state index contributed by atoms with van der Waals surface area (Å²) in [6.45, 7) is 21.5. The Hall–Kier alpha value is -2.42. The van der Waals surface area contributed by atoms with Gasteiger partial charge < -0.3 is 14.6 Å². The van der Waals surface area contributed by atoms with Gasteiger partial charge in [-0.1, -0.05) is 82.6 Å². The topological polar surface area (TPSA) is 79.3 Å². The van der Waals surface area contributed by atoms with E-state index in [-0.39, 0.29) is 11.6 Å². The van der Waals surface area contributed by atoms with Crippen molar-refractivity contribution in [3.8, 4) is 0 Å². The fourth-order valence-electron chi connectivity index (χ4n) is 5.06. The molecule has 2 saturated heterocycles. The highest BCUT2D eigenvalue weighted by molar-refractivity contribution is 6.03. The summed E-state index contributed by atoms with van der Waals surface area (Å²) in [4.78, 5) is 30.8. The highest BCUT2D eigenvalue weighted by Gasteiger charge is 2.37. The van der Waals surface area contributed by atoms with E-state index in [1.807, 2.05) is 41.5 Å². The van der Waals surface area contributed by atoms with E-state index >= 15 is 0 Å². The molecule has 0 radical (unpaired) electrons. The van der Waals surface area contributed by atoms with Gasteiger partial charge in [0.05, 0.1) is 37.5 Å². The van der Waals surface area contributed by atoms with Crippen LogP contribution in [0.1, 0.15) is 99.8 Å². The second kappa shape index (κ2) is 16.3. The van der Waals surface area contributed by atoms with Gasteiger partial charge in [-0.2, -0.15) is 0 Å². The van der Waals surface area contributed by atoms with Crippen molar-refractivity contribution in [1.29, 1.82) is 0 Å². The van der Waals surface area contributed by atoms with Crippen molar-refractivity contribution in [2.75, 3.05) is 52.6 Å². The first-order valence-electron chi connectivity index (χ1n) is 15.2. The van der Waals surface area contributed by atoms with Crippen LogP contribution >= 0.6 is 0 Å². The van der Waals surface area contributed by atoms with E-state index < -0.39 is 17.2 Å². The van der Waals surface area contributed by atoms with Gasteiger partial charge in [-0.05, 0) is 38.8 Å². The molecule has 2 aliphatic rings. The molecule has 0 saturated carbocycles. The number of aliphatic hydroxyl groups is 1. The van der Waals surface area contributed by atoms with Crippen LogP contribution in [0, 0.1) is 0 Å². The molecule has 2 aromatic rings. The van der Waals surface area contributed by atoms with Crippen LogP contribution < -0.4 is 0 Å². The maximum Gasteiger partial charge on any atom is 0.182 e. The molecule has 0 aliphatic carbocycles. The third kappa shape index (κ3) is 8.79. The van der Waals surface area contributed by atoms with E-state index in [4.69, 9.17) is 9.47 Å². The van der Waals surface area contributed by atoms with Gasteiger partial charge in [-0.3, -0.25) is 19.4 Å². The summed E-state index contributed by atoms with van der Waals surface area (Å²) in [5.74, 6) is 0.104. The number of morpholine rings is 2. The van der Waals surface area contributed by atoms with Gasteiger partial charge in [0.25, 0.3) is 0 Å². The van der Waals surface area contributed by atoms with Crippen LogP contribution in [0.3, 0.4) is 0 Å². The first-order chi connectivity index (χ1) is 19.5. The molecular formula is C34H52N2O5. The number of carbonyl (C=O) groups is 2. The lowest BCUT2D eigenvalue weighted by Crippen LogP contribution is -2.54. The number of rotatable bonds is 8. The molecule has 2 aromatic carbocycles. The second-order valence-corrected chi connectivity index (χ2v) is 11.3. The lowest BCUT2D eigenvalue weighted by Gasteiger charge is -2.39. The van der Waals surface area contributed by atoms with Gasteiger partial charge in [0, 0.05) is 37.3 Å². The number of carbonyl (C=O) groups excluding carboxylic acids is 2. The monoisotopic (exact) mass is 568 g/mol. The molecule has 0 bridgehead atoms. The highest BCUT2D eigenvalue weighted by Crippen LogP contribution is 2.27. The van der Waals surface area contributed by atoms with Gasteiger partial charge in [-0.15, -0.1) is 0 Å². The molecule has 41 heavy (non-hydrogen) atoms. The maximum atomic E-state index is 13.2. The van der Waals surface area contributed by atoms with E-state index in [9.17, 15) is 14.7 Å². The van der Waals surface area contributed by atoms with Crippen LogP contribution in [0.4, 0.5) is 0 Å². The van der Waals surface area contributed by atoms with E-state index in [1.165, 1.54) is 6.42 Å². The summed E-state index contributed by atoms with van der Waals surface area (Å²) in [5, 5.41) is 11.0. The molecule has 228 valence electrons. The zero-order valence-electron chi connectivity index (χ0n) is 26.5. The number of benzene rings is 2. The van der Waals surface area contributed by atoms with E-state index in [1.54, 1.807) is 48.5 Å². The Balaban J connectivity index is 0.00000110. The average molecular weight is 569 g/mol. The van der Waals surface area contributed by atoms with Crippen molar-refractivity contribution < 1.29 is 24.2 Å². The molecule has 7 nitrogen and oxygen atoms in total. The number of nitrogens with zero attached hydrogens (tertiary/aromatic N) is 2. The molecule has 0 atom stereocenters. The molecule has 0 unspecified atom stereocenters. The van der Waals surface area contributed by atoms with Crippen molar-refractivity contribution in [3.05, 3.63) is 70.8 Å². The van der Waals surface area contributed by atoms with Gasteiger partial charge in [-0.25, -0.2) is 0 Å². The van der Waals surface area contributed by atoms with Crippen molar-refractivity contribution >= 4 is 11.6 Å². The quantitative estimate of drug-likeness (QED) is 0.403. The molecule has 0 aromatic heterocycles. The minimum Gasteiger partial charge on any atom is -0.384 e. The minimum absolute atomic E-state index is 0.0520. The largest absolute Gasteiger partial charge is 0.384 e. The zero-order chi connectivity index (χ0) is 30.6. The van der Waals surface area contributed by atoms with E-state index in [2.05, 4.69) is 23.6 Å². The molecular weight excluding hydrogens is 516 g/mol. The number of hydrogen-bond acceptors (Lipinski definition) is 7. The maximum absolute atomic E-state index is 13.2. The number of ketones is 2. The van der Waals surface area contributed by atoms with Crippen LogP contribution in [0.2, 0.25) is 0 Å². The number of ether oxygens (including phenoxy) is 2. The molecule has 2 fully saturated rings. The molecule has 1 N–H and O–H groups in total. The Kier molecular flexibility index (Phi) is 13.8. The van der Waals surface area contributed by atoms with Crippen molar-refractivity contribution in [2.24, 2.45) is 0 Å². The minimum atomic E-state index is -0.849. The molecule has 0 amide bonds. The SMILES string of the molecule is CC.CC(C)(C(=O)c1ccc(C(O)c2ccc(C(=O)C(C)(C)N3CCOCC3)cc2)cc1)N1CCOCC1.CCC. The Morgan fingerprint density at radius 3 is 1.22 bits per heavy atom. The summed E-state index contributed by atoms with van der Waals surface area (Å²) >= 11 is 0. The normalized spacial score (nSPS) is 16.7. The first-order valence-corrected chi connectivity index (χ1v) is 15.2. The summed E-state index contributed by atoms with van der Waals surface area (Å²) < 4.78 is 10.8. The van der Waals surface area contributed by atoms with Crippen LogP contribution in [-0.4, -0.2) is 90.2 Å². The number of aliphatic hydroxyl groups excluding tert-OH is 1. The van der Waals surface area contributed by atoms with Gasteiger partial charge in [0.15, 0.2) is 11.6 Å². The average Bonchev–Trinajstić information content (AvgIpc) is 3.02. The third-order valence-electron chi connectivity index (χ3n) is 7.69. The summed E-state index contributed by atoms with van der Waals surface area (Å²) in [6.07, 6.45) is 0.401. The second-order valence-electron chi connectivity index (χ2n) is 11.3. The predicted octanol–water partition coefficient (Wildman–Crippen LogP) is 5.80. The van der Waals surface area contributed by atoms with Gasteiger partial charge in [0.1, 0.15) is 6.10 Å². The predicted molar refractivity (Wildman–Crippen MR) is 166 cm³/mol. The van der Waals surface area contributed by atoms with E-state index in [0.717, 1.165) is 26.2 Å². The number of Topliss-reactive ketones (excluding diaryl/α,β-unsaturated/α-hetero) is 2. The van der Waals surface area contributed by atoms with Crippen LogP contribution in [0.15, 0.2) is 48.5 Å². The first kappa shape index (κ1) is 34.8. The molecule has 7 heteroatoms. The summed E-state index contributed by atoms with van der Waals surface area (Å²) in [6, 6.07) is 14.3. The number of hydrogen-bond donors (Lipinski definition) is 1.